The summed E-state index contributed by atoms with van der Waals surface area (Å²) < 4.78 is 16.9. The number of allylic oxidation sites excluding steroid dienone is 8. The van der Waals surface area contributed by atoms with Crippen molar-refractivity contribution in [1.82, 2.24) is 0 Å². The SMILES string of the molecule is CCCCCCCCC/C=C\C=C/CCCCCCCC(=O)OCC(COC(=O)CCCCC/C=C\C=C/CCCCCCCCC)OC(=O)CCCCCCCCCCCCCCCCCCC. The van der Waals surface area contributed by atoms with E-state index in [1.807, 2.05) is 0 Å². The van der Waals surface area contributed by atoms with E-state index in [9.17, 15) is 14.4 Å². The highest BCUT2D eigenvalue weighted by Gasteiger charge is 2.19. The smallest absolute Gasteiger partial charge is 0.306 e. The Bertz CT molecular complexity index is 1200. The van der Waals surface area contributed by atoms with E-state index in [1.54, 1.807) is 0 Å². The first kappa shape index (κ1) is 66.4. The van der Waals surface area contributed by atoms with Gasteiger partial charge in [-0.25, -0.2) is 0 Å². The number of hydrogen-bond donors (Lipinski definition) is 0. The average molecular weight is 968 g/mol. The van der Waals surface area contributed by atoms with Crippen LogP contribution in [-0.2, 0) is 28.6 Å². The molecule has 0 saturated heterocycles. The van der Waals surface area contributed by atoms with Crippen molar-refractivity contribution < 1.29 is 28.6 Å². The van der Waals surface area contributed by atoms with Gasteiger partial charge in [0, 0.05) is 19.3 Å². The van der Waals surface area contributed by atoms with Crippen molar-refractivity contribution in [2.24, 2.45) is 0 Å². The van der Waals surface area contributed by atoms with Gasteiger partial charge in [-0.15, -0.1) is 0 Å². The minimum Gasteiger partial charge on any atom is -0.462 e. The molecule has 0 heterocycles. The van der Waals surface area contributed by atoms with Crippen molar-refractivity contribution in [3.63, 3.8) is 0 Å². The van der Waals surface area contributed by atoms with E-state index in [2.05, 4.69) is 69.4 Å². The van der Waals surface area contributed by atoms with Crippen LogP contribution in [0.25, 0.3) is 0 Å². The van der Waals surface area contributed by atoms with Crippen molar-refractivity contribution in [3.05, 3.63) is 48.6 Å². The standard InChI is InChI=1S/C63H114O6/c1-4-7-10-13-16-19-22-25-28-31-33-35-38-41-44-47-50-53-56-62(65)68-59-60(58-67-61(64)55-52-49-46-43-40-37-34-30-27-24-21-18-15-12-9-6-3)69-63(66)57-54-51-48-45-42-39-36-32-29-26-23-20-17-14-11-8-5-2/h28,30-31,33-35,37,40,60H,4-27,29,32,36,38-39,41-59H2,1-3H3/b31-28-,34-30-,35-33-,40-37-. The molecule has 0 aromatic heterocycles. The molecule has 0 spiro atoms. The first-order valence-electron chi connectivity index (χ1n) is 30.2. The molecule has 6 heteroatoms. The summed E-state index contributed by atoms with van der Waals surface area (Å²) in [6.45, 7) is 6.64. The molecule has 69 heavy (non-hydrogen) atoms. The molecule has 0 rings (SSSR count). The normalized spacial score (nSPS) is 12.3. The molecule has 0 amide bonds. The minimum atomic E-state index is -0.789. The second-order valence-corrected chi connectivity index (χ2v) is 20.3. The first-order valence-corrected chi connectivity index (χ1v) is 30.2. The van der Waals surface area contributed by atoms with Gasteiger partial charge < -0.3 is 14.2 Å². The Morgan fingerprint density at radius 1 is 0.290 bits per heavy atom. The summed E-state index contributed by atoms with van der Waals surface area (Å²) in [7, 11) is 0. The molecule has 1 atom stereocenters. The monoisotopic (exact) mass is 967 g/mol. The number of ether oxygens (including phenoxy) is 3. The van der Waals surface area contributed by atoms with Gasteiger partial charge in [-0.05, 0) is 70.6 Å². The average Bonchev–Trinajstić information content (AvgIpc) is 3.35. The van der Waals surface area contributed by atoms with Crippen LogP contribution in [0, 0.1) is 0 Å². The van der Waals surface area contributed by atoms with Crippen molar-refractivity contribution in [2.75, 3.05) is 13.2 Å². The van der Waals surface area contributed by atoms with Crippen LogP contribution < -0.4 is 0 Å². The highest BCUT2D eigenvalue weighted by Crippen LogP contribution is 2.16. The van der Waals surface area contributed by atoms with E-state index in [-0.39, 0.29) is 31.1 Å². The molecule has 0 aromatic carbocycles. The summed E-state index contributed by atoms with van der Waals surface area (Å²) >= 11 is 0. The maximum Gasteiger partial charge on any atom is 0.306 e. The number of hydrogen-bond acceptors (Lipinski definition) is 6. The fourth-order valence-corrected chi connectivity index (χ4v) is 8.78. The maximum atomic E-state index is 12.9. The second kappa shape index (κ2) is 57.9. The van der Waals surface area contributed by atoms with Gasteiger partial charge in [0.1, 0.15) is 13.2 Å². The van der Waals surface area contributed by atoms with Crippen molar-refractivity contribution >= 4 is 17.9 Å². The molecule has 0 fully saturated rings. The van der Waals surface area contributed by atoms with Gasteiger partial charge in [-0.1, -0.05) is 275 Å². The lowest BCUT2D eigenvalue weighted by molar-refractivity contribution is -0.167. The molecular formula is C63H114O6. The molecule has 0 aliphatic rings. The first-order chi connectivity index (χ1) is 34.0. The van der Waals surface area contributed by atoms with Crippen LogP contribution >= 0.6 is 0 Å². The second-order valence-electron chi connectivity index (χ2n) is 20.3. The van der Waals surface area contributed by atoms with Gasteiger partial charge in [0.2, 0.25) is 0 Å². The van der Waals surface area contributed by atoms with Gasteiger partial charge in [-0.3, -0.25) is 14.4 Å². The molecule has 6 nitrogen and oxygen atoms in total. The van der Waals surface area contributed by atoms with Crippen LogP contribution in [0.5, 0.6) is 0 Å². The molecule has 1 unspecified atom stereocenters. The predicted molar refractivity (Wildman–Crippen MR) is 298 cm³/mol. The highest BCUT2D eigenvalue weighted by atomic mass is 16.6. The third-order valence-corrected chi connectivity index (χ3v) is 13.4. The third kappa shape index (κ3) is 56.2. The number of unbranched alkanes of at least 4 members (excludes halogenated alkanes) is 38. The molecule has 0 N–H and O–H groups in total. The summed E-state index contributed by atoms with van der Waals surface area (Å²) in [5, 5.41) is 0. The summed E-state index contributed by atoms with van der Waals surface area (Å²) in [6, 6.07) is 0. The summed E-state index contributed by atoms with van der Waals surface area (Å²) in [6.07, 6.45) is 71.0. The van der Waals surface area contributed by atoms with E-state index >= 15 is 0 Å². The molecule has 0 radical (unpaired) electrons. The maximum absolute atomic E-state index is 12.9. The van der Waals surface area contributed by atoms with Gasteiger partial charge in [0.05, 0.1) is 0 Å². The molecule has 0 aromatic rings. The molecule has 0 aliphatic carbocycles. The van der Waals surface area contributed by atoms with Gasteiger partial charge in [-0.2, -0.15) is 0 Å². The topological polar surface area (TPSA) is 78.9 Å². The lowest BCUT2D eigenvalue weighted by Crippen LogP contribution is -2.30. The Kier molecular flexibility index (Phi) is 55.7. The molecule has 402 valence electrons. The lowest BCUT2D eigenvalue weighted by atomic mass is 10.0. The van der Waals surface area contributed by atoms with E-state index in [0.29, 0.717) is 19.3 Å². The highest BCUT2D eigenvalue weighted by molar-refractivity contribution is 5.71. The van der Waals surface area contributed by atoms with Crippen LogP contribution in [-0.4, -0.2) is 37.2 Å². The van der Waals surface area contributed by atoms with Crippen molar-refractivity contribution in [3.8, 4) is 0 Å². The quantitative estimate of drug-likeness (QED) is 0.0262. The van der Waals surface area contributed by atoms with Gasteiger partial charge in [0.25, 0.3) is 0 Å². The van der Waals surface area contributed by atoms with E-state index in [4.69, 9.17) is 14.2 Å². The van der Waals surface area contributed by atoms with Gasteiger partial charge in [0.15, 0.2) is 6.10 Å². The lowest BCUT2D eigenvalue weighted by Gasteiger charge is -2.18. The largest absolute Gasteiger partial charge is 0.462 e. The van der Waals surface area contributed by atoms with Crippen molar-refractivity contribution in [1.29, 1.82) is 0 Å². The Morgan fingerprint density at radius 3 is 0.783 bits per heavy atom. The number of carbonyl (C=O) groups excluding carboxylic acids is 3. The van der Waals surface area contributed by atoms with Crippen LogP contribution in [0.15, 0.2) is 48.6 Å². The zero-order chi connectivity index (χ0) is 50.0. The van der Waals surface area contributed by atoms with Crippen LogP contribution in [0.3, 0.4) is 0 Å². The van der Waals surface area contributed by atoms with E-state index < -0.39 is 6.10 Å². The Balaban J connectivity index is 4.41. The third-order valence-electron chi connectivity index (χ3n) is 13.4. The van der Waals surface area contributed by atoms with E-state index in [0.717, 1.165) is 89.9 Å². The van der Waals surface area contributed by atoms with Crippen molar-refractivity contribution in [2.45, 2.75) is 322 Å². The minimum absolute atomic E-state index is 0.0867. The Morgan fingerprint density at radius 2 is 0.507 bits per heavy atom. The zero-order valence-electron chi connectivity index (χ0n) is 46.1. The van der Waals surface area contributed by atoms with E-state index in [1.165, 1.54) is 186 Å². The van der Waals surface area contributed by atoms with Gasteiger partial charge >= 0.3 is 17.9 Å². The van der Waals surface area contributed by atoms with Crippen LogP contribution in [0.4, 0.5) is 0 Å². The predicted octanol–water partition coefficient (Wildman–Crippen LogP) is 20.2. The fraction of sp³-hybridized carbons (Fsp3) is 0.825. The zero-order valence-corrected chi connectivity index (χ0v) is 46.1. The van der Waals surface area contributed by atoms with Crippen LogP contribution in [0.2, 0.25) is 0 Å². The Labute approximate surface area is 428 Å². The fourth-order valence-electron chi connectivity index (χ4n) is 8.78. The summed E-state index contributed by atoms with van der Waals surface area (Å²) in [5.74, 6) is -0.910. The Hall–Kier alpha value is -2.63. The van der Waals surface area contributed by atoms with Crippen LogP contribution in [0.1, 0.15) is 316 Å². The number of rotatable bonds is 55. The molecule has 0 bridgehead atoms. The molecule has 0 aliphatic heterocycles. The summed E-state index contributed by atoms with van der Waals surface area (Å²) in [5.41, 5.74) is 0. The molecule has 0 saturated carbocycles. The summed E-state index contributed by atoms with van der Waals surface area (Å²) in [4.78, 5) is 38.2. The molecular weight excluding hydrogens is 853 g/mol. The number of carbonyl (C=O) groups is 3. The number of esters is 3.